The number of nitrogens with one attached hydrogen (secondary N) is 2. The van der Waals surface area contributed by atoms with Gasteiger partial charge in [0, 0.05) is 24.8 Å². The van der Waals surface area contributed by atoms with Crippen molar-refractivity contribution in [2.75, 3.05) is 22.7 Å². The summed E-state index contributed by atoms with van der Waals surface area (Å²) >= 11 is 0. The molecule has 1 aliphatic rings. The average Bonchev–Trinajstić information content (AvgIpc) is 3.01. The second kappa shape index (κ2) is 6.53. The molecule has 0 spiro atoms. The molecule has 2 heterocycles. The molecule has 2 aromatic carbocycles. The Morgan fingerprint density at radius 1 is 1.04 bits per heavy atom. The van der Waals surface area contributed by atoms with Crippen LogP contribution in [-0.4, -0.2) is 26.5 Å². The third-order valence-electron chi connectivity index (χ3n) is 4.52. The highest BCUT2D eigenvalue weighted by Crippen LogP contribution is 2.25. The Balaban J connectivity index is 1.61. The van der Waals surface area contributed by atoms with E-state index in [1.54, 1.807) is 6.07 Å². The second-order valence-electron chi connectivity index (χ2n) is 6.38. The number of anilines is 2. The van der Waals surface area contributed by atoms with Crippen LogP contribution in [0.3, 0.4) is 0 Å². The number of fused-ring (bicyclic) bond motifs is 1. The van der Waals surface area contributed by atoms with Gasteiger partial charge in [0.2, 0.25) is 0 Å². The standard InChI is InChI=1S/C18H19N3O4S/c22-18-19-16-8-7-15(12-17(16)25-18)26(23,24)20-13-5-4-6-14(11-13)21-9-2-1-3-10-21/h4-8,11-12,20H,1-3,9-10H2,(H,19,22). The van der Waals surface area contributed by atoms with Crippen molar-refractivity contribution >= 4 is 32.5 Å². The normalized spacial score (nSPS) is 15.3. The maximum Gasteiger partial charge on any atom is 0.417 e. The number of nitrogens with zero attached hydrogens (tertiary/aromatic N) is 1. The van der Waals surface area contributed by atoms with Crippen LogP contribution in [0.4, 0.5) is 11.4 Å². The number of rotatable bonds is 4. The van der Waals surface area contributed by atoms with E-state index in [-0.39, 0.29) is 10.5 Å². The molecule has 1 saturated heterocycles. The van der Waals surface area contributed by atoms with Crippen LogP contribution in [0, 0.1) is 0 Å². The van der Waals surface area contributed by atoms with Gasteiger partial charge in [-0.3, -0.25) is 9.71 Å². The van der Waals surface area contributed by atoms with Gasteiger partial charge in [-0.25, -0.2) is 13.2 Å². The largest absolute Gasteiger partial charge is 0.417 e. The Bertz CT molecular complexity index is 1090. The Labute approximate surface area is 150 Å². The number of hydrogen-bond acceptors (Lipinski definition) is 5. The van der Waals surface area contributed by atoms with Gasteiger partial charge in [-0.05, 0) is 49.6 Å². The van der Waals surface area contributed by atoms with Gasteiger partial charge in [-0.2, -0.15) is 0 Å². The van der Waals surface area contributed by atoms with Gasteiger partial charge in [0.05, 0.1) is 16.1 Å². The van der Waals surface area contributed by atoms with E-state index in [1.807, 2.05) is 18.2 Å². The van der Waals surface area contributed by atoms with Crippen LogP contribution in [0.25, 0.3) is 11.1 Å². The molecule has 1 aliphatic heterocycles. The quantitative estimate of drug-likeness (QED) is 0.733. The number of aromatic amines is 1. The molecule has 0 aliphatic carbocycles. The lowest BCUT2D eigenvalue weighted by atomic mass is 10.1. The van der Waals surface area contributed by atoms with E-state index in [9.17, 15) is 13.2 Å². The van der Waals surface area contributed by atoms with Crippen molar-refractivity contribution in [1.82, 2.24) is 4.98 Å². The van der Waals surface area contributed by atoms with E-state index in [2.05, 4.69) is 14.6 Å². The molecule has 7 nitrogen and oxygen atoms in total. The second-order valence-corrected chi connectivity index (χ2v) is 8.06. The van der Waals surface area contributed by atoms with Crippen molar-refractivity contribution in [3.05, 3.63) is 53.0 Å². The molecule has 26 heavy (non-hydrogen) atoms. The SMILES string of the molecule is O=c1[nH]c2ccc(S(=O)(=O)Nc3cccc(N4CCCCC4)c3)cc2o1. The zero-order chi connectivity index (χ0) is 18.1. The number of piperidine rings is 1. The molecular formula is C18H19N3O4S. The number of H-pyrrole nitrogens is 1. The summed E-state index contributed by atoms with van der Waals surface area (Å²) in [6, 6.07) is 11.7. The minimum Gasteiger partial charge on any atom is -0.408 e. The van der Waals surface area contributed by atoms with Crippen LogP contribution in [0.1, 0.15) is 19.3 Å². The first-order valence-corrected chi connectivity index (χ1v) is 10.0. The molecule has 2 N–H and O–H groups in total. The number of oxazole rings is 1. The highest BCUT2D eigenvalue weighted by atomic mass is 32.2. The number of aromatic nitrogens is 1. The average molecular weight is 373 g/mol. The molecule has 0 saturated carbocycles. The fourth-order valence-corrected chi connectivity index (χ4v) is 4.29. The molecule has 136 valence electrons. The first-order valence-electron chi connectivity index (χ1n) is 8.52. The maximum atomic E-state index is 12.7. The van der Waals surface area contributed by atoms with Crippen molar-refractivity contribution in [3.8, 4) is 0 Å². The first-order chi connectivity index (χ1) is 12.5. The monoisotopic (exact) mass is 373 g/mol. The summed E-state index contributed by atoms with van der Waals surface area (Å²) < 4.78 is 32.9. The summed E-state index contributed by atoms with van der Waals surface area (Å²) in [5.74, 6) is -0.614. The molecule has 0 amide bonds. The van der Waals surface area contributed by atoms with Gasteiger partial charge < -0.3 is 9.32 Å². The summed E-state index contributed by atoms with van der Waals surface area (Å²) in [5.41, 5.74) is 2.18. The summed E-state index contributed by atoms with van der Waals surface area (Å²) in [6.45, 7) is 1.97. The predicted molar refractivity (Wildman–Crippen MR) is 100 cm³/mol. The number of benzene rings is 2. The molecular weight excluding hydrogens is 354 g/mol. The molecule has 8 heteroatoms. The van der Waals surface area contributed by atoms with Crippen molar-refractivity contribution in [2.24, 2.45) is 0 Å². The Hall–Kier alpha value is -2.74. The van der Waals surface area contributed by atoms with Crippen LogP contribution >= 0.6 is 0 Å². The highest BCUT2D eigenvalue weighted by molar-refractivity contribution is 7.92. The van der Waals surface area contributed by atoms with E-state index in [0.29, 0.717) is 11.2 Å². The Kier molecular flexibility index (Phi) is 4.20. The summed E-state index contributed by atoms with van der Waals surface area (Å²) in [7, 11) is -3.79. The molecule has 1 aromatic heterocycles. The summed E-state index contributed by atoms with van der Waals surface area (Å²) in [5, 5.41) is 0. The van der Waals surface area contributed by atoms with Crippen LogP contribution in [0.15, 0.2) is 56.6 Å². The molecule has 0 unspecified atom stereocenters. The minimum atomic E-state index is -3.79. The van der Waals surface area contributed by atoms with Gasteiger partial charge in [0.1, 0.15) is 0 Å². The van der Waals surface area contributed by atoms with E-state index in [1.165, 1.54) is 24.6 Å². The summed E-state index contributed by atoms with van der Waals surface area (Å²) in [6.07, 6.45) is 3.54. The van der Waals surface area contributed by atoms with Crippen LogP contribution in [-0.2, 0) is 10.0 Å². The molecule has 0 bridgehead atoms. The van der Waals surface area contributed by atoms with E-state index >= 15 is 0 Å². The van der Waals surface area contributed by atoms with Crippen LogP contribution in [0.5, 0.6) is 0 Å². The van der Waals surface area contributed by atoms with E-state index in [4.69, 9.17) is 4.42 Å². The smallest absolute Gasteiger partial charge is 0.408 e. The lowest BCUT2D eigenvalue weighted by molar-refractivity contribution is 0.554. The Morgan fingerprint density at radius 3 is 2.65 bits per heavy atom. The topological polar surface area (TPSA) is 95.4 Å². The van der Waals surface area contributed by atoms with Crippen molar-refractivity contribution in [3.63, 3.8) is 0 Å². The van der Waals surface area contributed by atoms with Gasteiger partial charge in [0.25, 0.3) is 10.0 Å². The fourth-order valence-electron chi connectivity index (χ4n) is 3.23. The zero-order valence-corrected chi connectivity index (χ0v) is 14.9. The van der Waals surface area contributed by atoms with Crippen molar-refractivity contribution in [1.29, 1.82) is 0 Å². The number of hydrogen-bond donors (Lipinski definition) is 2. The van der Waals surface area contributed by atoms with Crippen molar-refractivity contribution in [2.45, 2.75) is 24.2 Å². The highest BCUT2D eigenvalue weighted by Gasteiger charge is 2.17. The van der Waals surface area contributed by atoms with E-state index < -0.39 is 15.8 Å². The van der Waals surface area contributed by atoms with Gasteiger partial charge in [-0.15, -0.1) is 0 Å². The van der Waals surface area contributed by atoms with E-state index in [0.717, 1.165) is 31.6 Å². The third kappa shape index (κ3) is 3.32. The fraction of sp³-hybridized carbons (Fsp3) is 0.278. The van der Waals surface area contributed by atoms with Gasteiger partial charge in [0.15, 0.2) is 5.58 Å². The number of sulfonamides is 1. The van der Waals surface area contributed by atoms with Crippen LogP contribution in [0.2, 0.25) is 0 Å². The van der Waals surface area contributed by atoms with Gasteiger partial charge >= 0.3 is 5.76 Å². The minimum absolute atomic E-state index is 0.0381. The van der Waals surface area contributed by atoms with Gasteiger partial charge in [-0.1, -0.05) is 6.07 Å². The molecule has 4 rings (SSSR count). The zero-order valence-electron chi connectivity index (χ0n) is 14.1. The lowest BCUT2D eigenvalue weighted by Gasteiger charge is -2.29. The van der Waals surface area contributed by atoms with Crippen LogP contribution < -0.4 is 15.4 Å². The lowest BCUT2D eigenvalue weighted by Crippen LogP contribution is -2.29. The first kappa shape index (κ1) is 16.7. The molecule has 1 fully saturated rings. The molecule has 3 aromatic rings. The van der Waals surface area contributed by atoms with Crippen molar-refractivity contribution < 1.29 is 12.8 Å². The summed E-state index contributed by atoms with van der Waals surface area (Å²) in [4.78, 5) is 16.0. The third-order valence-corrected chi connectivity index (χ3v) is 5.90. The Morgan fingerprint density at radius 2 is 1.85 bits per heavy atom. The predicted octanol–water partition coefficient (Wildman–Crippen LogP) is 2.91. The maximum absolute atomic E-state index is 12.7. The molecule has 0 radical (unpaired) electrons. The molecule has 0 atom stereocenters.